The third kappa shape index (κ3) is 1.35. The van der Waals surface area contributed by atoms with Gasteiger partial charge >= 0.3 is 0 Å². The molecule has 1 fully saturated rings. The minimum atomic E-state index is -3.94. The summed E-state index contributed by atoms with van der Waals surface area (Å²) in [5.41, 5.74) is -7.66. The Balaban J connectivity index is 2.29. The van der Waals surface area contributed by atoms with Crippen LogP contribution in [-0.2, 0) is 4.79 Å². The van der Waals surface area contributed by atoms with E-state index in [-0.39, 0.29) is 5.56 Å². The Labute approximate surface area is 121 Å². The molecule has 2 nitrogen and oxygen atoms in total. The second-order valence-corrected chi connectivity index (χ2v) is 5.49. The first-order valence-corrected chi connectivity index (χ1v) is 6.28. The van der Waals surface area contributed by atoms with E-state index in [0.29, 0.717) is 0 Å². The summed E-state index contributed by atoms with van der Waals surface area (Å²) in [6.45, 7) is 0. The molecule has 0 heterocycles. The van der Waals surface area contributed by atoms with Crippen LogP contribution in [0, 0.1) is 17.2 Å². The van der Waals surface area contributed by atoms with Gasteiger partial charge in [0.2, 0.25) is 17.1 Å². The lowest BCUT2D eigenvalue weighted by Gasteiger charge is -2.25. The Morgan fingerprint density at radius 2 is 1.76 bits per heavy atom. The van der Waals surface area contributed by atoms with Crippen molar-refractivity contribution < 1.29 is 22.4 Å². The Bertz CT molecular complexity index is 726. The summed E-state index contributed by atoms with van der Waals surface area (Å²) in [6.07, 6.45) is 0. The number of hydrogen-bond donors (Lipinski definition) is 0. The number of allylic oxidation sites excluding steroid dienone is 2. The number of nitrogens with zero attached hydrogens (tertiary/aromatic N) is 1. The number of halogens is 5. The molecule has 2 aliphatic carbocycles. The van der Waals surface area contributed by atoms with E-state index in [0.717, 1.165) is 6.07 Å². The molecule has 0 bridgehead atoms. The van der Waals surface area contributed by atoms with Crippen LogP contribution in [0.5, 0.6) is 0 Å². The first kappa shape index (κ1) is 14.1. The van der Waals surface area contributed by atoms with Crippen molar-refractivity contribution in [2.45, 2.75) is 16.5 Å². The fourth-order valence-electron chi connectivity index (χ4n) is 2.82. The van der Waals surface area contributed by atoms with E-state index in [4.69, 9.17) is 16.9 Å². The molecule has 1 saturated carbocycles. The van der Waals surface area contributed by atoms with Gasteiger partial charge in [0.15, 0.2) is 5.83 Å². The average molecular weight is 316 g/mol. The quantitative estimate of drug-likeness (QED) is 0.588. The van der Waals surface area contributed by atoms with Gasteiger partial charge in [-0.3, -0.25) is 4.79 Å². The lowest BCUT2D eigenvalue weighted by atomic mass is 9.89. The summed E-state index contributed by atoms with van der Waals surface area (Å²) in [6, 6.07) is 8.05. The standard InChI is InChI=1S/C14H6ClF4NO/c15-14(19)11(21)9(16)8(7-4-2-1-3-5-7)10-12(17,6-20)13(10,14)18/h1-5,10H. The maximum absolute atomic E-state index is 14.6. The zero-order valence-electron chi connectivity index (χ0n) is 10.2. The summed E-state index contributed by atoms with van der Waals surface area (Å²) < 4.78 is 57.1. The van der Waals surface area contributed by atoms with Gasteiger partial charge in [0.05, 0.1) is 5.92 Å². The number of fused-ring (bicyclic) bond motifs is 1. The molecule has 0 spiro atoms. The van der Waals surface area contributed by atoms with E-state index < -0.39 is 39.6 Å². The molecular formula is C14H6ClF4NO. The zero-order valence-corrected chi connectivity index (χ0v) is 11.0. The van der Waals surface area contributed by atoms with Crippen molar-refractivity contribution in [2.24, 2.45) is 5.92 Å². The number of alkyl halides is 4. The minimum Gasteiger partial charge on any atom is -0.286 e. The second-order valence-electron chi connectivity index (χ2n) is 4.97. The Hall–Kier alpha value is -1.87. The second kappa shape index (κ2) is 3.86. The molecule has 0 aliphatic heterocycles. The monoisotopic (exact) mass is 315 g/mol. The normalized spacial score (nSPS) is 41.5. The van der Waals surface area contributed by atoms with E-state index in [1.807, 2.05) is 0 Å². The Kier molecular flexibility index (Phi) is 2.59. The Morgan fingerprint density at radius 1 is 1.19 bits per heavy atom. The molecule has 0 amide bonds. The summed E-state index contributed by atoms with van der Waals surface area (Å²) in [7, 11) is 0. The van der Waals surface area contributed by atoms with Gasteiger partial charge in [-0.2, -0.15) is 5.26 Å². The van der Waals surface area contributed by atoms with Crippen LogP contribution in [-0.4, -0.2) is 22.2 Å². The van der Waals surface area contributed by atoms with Gasteiger partial charge in [-0.25, -0.2) is 17.6 Å². The largest absolute Gasteiger partial charge is 0.287 e. The predicted molar refractivity (Wildman–Crippen MR) is 66.0 cm³/mol. The molecular weight excluding hydrogens is 310 g/mol. The molecule has 2 aliphatic rings. The van der Waals surface area contributed by atoms with E-state index >= 15 is 0 Å². The maximum Gasteiger partial charge on any atom is 0.287 e. The zero-order chi connectivity index (χ0) is 15.6. The number of carbonyl (C=O) groups is 1. The average Bonchev–Trinajstić information content (AvgIpc) is 2.98. The van der Waals surface area contributed by atoms with Crippen LogP contribution in [0.2, 0.25) is 0 Å². The third-order valence-corrected chi connectivity index (χ3v) is 4.40. The number of hydrogen-bond acceptors (Lipinski definition) is 2. The highest BCUT2D eigenvalue weighted by Gasteiger charge is 2.94. The van der Waals surface area contributed by atoms with Crippen LogP contribution in [0.3, 0.4) is 0 Å². The van der Waals surface area contributed by atoms with Crippen LogP contribution < -0.4 is 0 Å². The SMILES string of the molecule is N#CC1(F)C2C(c3ccccc3)=C(F)C(=O)C(F)(Cl)C21F. The molecule has 0 N–H and O–H groups in total. The first-order valence-electron chi connectivity index (χ1n) is 5.90. The summed E-state index contributed by atoms with van der Waals surface area (Å²) in [5.74, 6) is -5.75. The smallest absolute Gasteiger partial charge is 0.286 e. The predicted octanol–water partition coefficient (Wildman–Crippen LogP) is 3.42. The third-order valence-electron chi connectivity index (χ3n) is 3.96. The fraction of sp³-hybridized carbons (Fsp3) is 0.286. The molecule has 0 radical (unpaired) electrons. The first-order chi connectivity index (χ1) is 9.73. The molecule has 7 heteroatoms. The van der Waals surface area contributed by atoms with Gasteiger partial charge in [0.1, 0.15) is 6.07 Å². The van der Waals surface area contributed by atoms with Crippen LogP contribution >= 0.6 is 11.6 Å². The lowest BCUT2D eigenvalue weighted by molar-refractivity contribution is -0.129. The van der Waals surface area contributed by atoms with E-state index in [9.17, 15) is 22.4 Å². The van der Waals surface area contributed by atoms with Crippen LogP contribution in [0.4, 0.5) is 17.6 Å². The fourth-order valence-corrected chi connectivity index (χ4v) is 3.15. The van der Waals surface area contributed by atoms with Crippen molar-refractivity contribution in [1.29, 1.82) is 5.26 Å². The molecule has 4 unspecified atom stereocenters. The number of carbonyl (C=O) groups excluding carboxylic acids is 1. The van der Waals surface area contributed by atoms with Gasteiger partial charge in [0, 0.05) is 5.57 Å². The highest BCUT2D eigenvalue weighted by Crippen LogP contribution is 2.74. The van der Waals surface area contributed by atoms with Crippen LogP contribution in [0.15, 0.2) is 36.2 Å². The van der Waals surface area contributed by atoms with E-state index in [1.165, 1.54) is 24.3 Å². The van der Waals surface area contributed by atoms with Crippen molar-refractivity contribution in [3.8, 4) is 6.07 Å². The molecule has 1 aromatic carbocycles. The number of rotatable bonds is 1. The van der Waals surface area contributed by atoms with Crippen molar-refractivity contribution >= 4 is 23.0 Å². The number of Topliss-reactive ketones (excluding diaryl/α,β-unsaturated/α-hetero) is 1. The van der Waals surface area contributed by atoms with Gasteiger partial charge in [-0.1, -0.05) is 41.9 Å². The highest BCUT2D eigenvalue weighted by molar-refractivity contribution is 6.40. The summed E-state index contributed by atoms with van der Waals surface area (Å²) in [5, 5.41) is 4.84. The van der Waals surface area contributed by atoms with Crippen LogP contribution in [0.25, 0.3) is 5.57 Å². The molecule has 0 aromatic heterocycles. The van der Waals surface area contributed by atoms with Crippen molar-refractivity contribution in [2.75, 3.05) is 0 Å². The molecule has 21 heavy (non-hydrogen) atoms. The summed E-state index contributed by atoms with van der Waals surface area (Å²) in [4.78, 5) is 11.6. The van der Waals surface area contributed by atoms with E-state index in [2.05, 4.69) is 0 Å². The number of benzene rings is 1. The van der Waals surface area contributed by atoms with Crippen LogP contribution in [0.1, 0.15) is 5.56 Å². The highest BCUT2D eigenvalue weighted by atomic mass is 35.5. The molecule has 1 aromatic rings. The molecule has 3 rings (SSSR count). The number of ketones is 1. The Morgan fingerprint density at radius 3 is 2.29 bits per heavy atom. The molecule has 108 valence electrons. The summed E-state index contributed by atoms with van der Waals surface area (Å²) >= 11 is 5.11. The van der Waals surface area contributed by atoms with E-state index in [1.54, 1.807) is 6.07 Å². The van der Waals surface area contributed by atoms with Gasteiger partial charge in [-0.15, -0.1) is 0 Å². The van der Waals surface area contributed by atoms with Gasteiger partial charge in [0.25, 0.3) is 5.13 Å². The van der Waals surface area contributed by atoms with Crippen molar-refractivity contribution in [3.63, 3.8) is 0 Å². The molecule has 0 saturated heterocycles. The van der Waals surface area contributed by atoms with Gasteiger partial charge < -0.3 is 0 Å². The number of nitriles is 1. The topological polar surface area (TPSA) is 40.9 Å². The lowest BCUT2D eigenvalue weighted by Crippen LogP contribution is -2.46. The minimum absolute atomic E-state index is 0.00248. The molecule has 4 atom stereocenters. The van der Waals surface area contributed by atoms with Crippen molar-refractivity contribution in [1.82, 2.24) is 0 Å². The maximum atomic E-state index is 14.6. The van der Waals surface area contributed by atoms with Gasteiger partial charge in [-0.05, 0) is 5.56 Å². The van der Waals surface area contributed by atoms with Crippen molar-refractivity contribution in [3.05, 3.63) is 41.7 Å².